The summed E-state index contributed by atoms with van der Waals surface area (Å²) in [5, 5.41) is 30.8. The van der Waals surface area contributed by atoms with Crippen LogP contribution in [0.2, 0.25) is 0 Å². The summed E-state index contributed by atoms with van der Waals surface area (Å²) >= 11 is 0. The summed E-state index contributed by atoms with van der Waals surface area (Å²) < 4.78 is 18.0. The quantitative estimate of drug-likeness (QED) is 0.0995. The number of ether oxygens (including phenoxy) is 3. The van der Waals surface area contributed by atoms with Gasteiger partial charge in [-0.2, -0.15) is 0 Å². The summed E-state index contributed by atoms with van der Waals surface area (Å²) in [4.78, 5) is 40.2. The van der Waals surface area contributed by atoms with E-state index in [1.807, 2.05) is 0 Å². The maximum Gasteiger partial charge on any atom is 0.343 e. The van der Waals surface area contributed by atoms with Crippen LogP contribution >= 0.6 is 0 Å². The van der Waals surface area contributed by atoms with Crippen LogP contribution in [0.5, 0.6) is 34.5 Å². The highest BCUT2D eigenvalue weighted by molar-refractivity contribution is 6.14. The fourth-order valence-electron chi connectivity index (χ4n) is 5.06. The van der Waals surface area contributed by atoms with Gasteiger partial charge in [0.2, 0.25) is 0 Å². The van der Waals surface area contributed by atoms with E-state index in [9.17, 15) is 29.7 Å². The third-order valence-corrected chi connectivity index (χ3v) is 7.61. The molecule has 0 bridgehead atoms. The predicted octanol–water partition coefficient (Wildman–Crippen LogP) is 7.38. The molecule has 0 saturated heterocycles. The van der Waals surface area contributed by atoms with Crippen molar-refractivity contribution in [2.75, 3.05) is 0 Å². The van der Waals surface area contributed by atoms with E-state index >= 15 is 0 Å². The molecular weight excluding hydrogens is 588 g/mol. The highest BCUT2D eigenvalue weighted by Crippen LogP contribution is 2.48. The second-order valence-corrected chi connectivity index (χ2v) is 10.6. The van der Waals surface area contributed by atoms with Crippen molar-refractivity contribution < 1.29 is 43.9 Å². The molecule has 9 nitrogen and oxygen atoms in total. The highest BCUT2D eigenvalue weighted by Gasteiger charge is 2.27. The van der Waals surface area contributed by atoms with Gasteiger partial charge in [-0.25, -0.2) is 14.4 Å². The van der Waals surface area contributed by atoms with Crippen LogP contribution in [0.1, 0.15) is 42.2 Å². The Hall–Kier alpha value is -6.35. The SMILES string of the molecule is Cc1c(C)c(OC(=O)c2ccc(O)cc2)c2c(OC(=O)c3ccc(O)cc3)c3ccccc3cc2c1OC(=O)c1ccc(O)cc1. The van der Waals surface area contributed by atoms with Crippen LogP contribution in [0.4, 0.5) is 0 Å². The van der Waals surface area contributed by atoms with Gasteiger partial charge in [0, 0.05) is 10.8 Å². The molecule has 0 fully saturated rings. The second-order valence-electron chi connectivity index (χ2n) is 10.6. The molecule has 6 aromatic rings. The summed E-state index contributed by atoms with van der Waals surface area (Å²) in [5.74, 6) is -1.95. The van der Waals surface area contributed by atoms with Crippen molar-refractivity contribution in [3.63, 3.8) is 0 Å². The summed E-state index contributed by atoms with van der Waals surface area (Å²) in [7, 11) is 0. The third-order valence-electron chi connectivity index (χ3n) is 7.61. The molecule has 3 N–H and O–H groups in total. The average Bonchev–Trinajstić information content (AvgIpc) is 3.05. The molecule has 6 rings (SSSR count). The Kier molecular flexibility index (Phi) is 7.73. The Labute approximate surface area is 262 Å². The molecule has 0 aliphatic heterocycles. The van der Waals surface area contributed by atoms with Crippen molar-refractivity contribution in [1.29, 1.82) is 0 Å². The standard InChI is InChI=1S/C37H26O9/c1-20-21(2)33(45-36(42)23-9-15-27(39)16-10-23)31-30(32(20)44-35(41)22-7-13-26(38)14-8-22)19-25-5-3-4-6-29(25)34(31)46-37(43)24-11-17-28(40)18-12-24/h3-19,38-40H,1-2H3. The first-order valence-corrected chi connectivity index (χ1v) is 14.1. The van der Waals surface area contributed by atoms with Crippen LogP contribution in [0, 0.1) is 13.8 Å². The van der Waals surface area contributed by atoms with E-state index in [0.29, 0.717) is 27.3 Å². The monoisotopic (exact) mass is 614 g/mol. The van der Waals surface area contributed by atoms with E-state index in [-0.39, 0.29) is 56.6 Å². The molecule has 0 atom stereocenters. The van der Waals surface area contributed by atoms with E-state index in [0.717, 1.165) is 0 Å². The lowest BCUT2D eigenvalue weighted by Gasteiger charge is -2.21. The predicted molar refractivity (Wildman–Crippen MR) is 170 cm³/mol. The minimum Gasteiger partial charge on any atom is -0.508 e. The van der Waals surface area contributed by atoms with Crippen molar-refractivity contribution >= 4 is 39.5 Å². The van der Waals surface area contributed by atoms with E-state index in [1.54, 1.807) is 44.2 Å². The molecule has 0 saturated carbocycles. The topological polar surface area (TPSA) is 140 Å². The number of rotatable bonds is 6. The van der Waals surface area contributed by atoms with Crippen molar-refractivity contribution in [3.05, 3.63) is 131 Å². The summed E-state index contributed by atoms with van der Waals surface area (Å²) in [5.41, 5.74) is 1.42. The fraction of sp³-hybridized carbons (Fsp3) is 0.0541. The second kappa shape index (κ2) is 12.0. The first kappa shape index (κ1) is 29.7. The van der Waals surface area contributed by atoms with E-state index < -0.39 is 17.9 Å². The zero-order valence-corrected chi connectivity index (χ0v) is 24.6. The lowest BCUT2D eigenvalue weighted by molar-refractivity contribution is 0.0718. The third kappa shape index (κ3) is 5.65. The van der Waals surface area contributed by atoms with E-state index in [2.05, 4.69) is 0 Å². The Morgan fingerprint density at radius 1 is 0.478 bits per heavy atom. The molecule has 0 radical (unpaired) electrons. The van der Waals surface area contributed by atoms with Gasteiger partial charge in [0.15, 0.2) is 5.75 Å². The zero-order chi connectivity index (χ0) is 32.5. The zero-order valence-electron chi connectivity index (χ0n) is 24.6. The molecule has 0 aliphatic rings. The smallest absolute Gasteiger partial charge is 0.343 e. The highest BCUT2D eigenvalue weighted by atomic mass is 16.6. The number of fused-ring (bicyclic) bond motifs is 2. The number of hydrogen-bond acceptors (Lipinski definition) is 9. The molecule has 228 valence electrons. The van der Waals surface area contributed by atoms with E-state index in [4.69, 9.17) is 14.2 Å². The number of phenolic OH excluding ortho intramolecular Hbond substituents is 3. The molecular formula is C37H26O9. The lowest BCUT2D eigenvalue weighted by atomic mass is 9.95. The molecule has 0 spiro atoms. The van der Waals surface area contributed by atoms with Crippen LogP contribution in [0.3, 0.4) is 0 Å². The molecule has 0 amide bonds. The normalized spacial score (nSPS) is 10.9. The molecule has 46 heavy (non-hydrogen) atoms. The molecule has 0 aliphatic carbocycles. The van der Waals surface area contributed by atoms with Crippen molar-refractivity contribution in [1.82, 2.24) is 0 Å². The van der Waals surface area contributed by atoms with Crippen molar-refractivity contribution in [2.45, 2.75) is 13.8 Å². The van der Waals surface area contributed by atoms with Crippen LogP contribution in [0.25, 0.3) is 21.5 Å². The maximum absolute atomic E-state index is 13.5. The van der Waals surface area contributed by atoms with Gasteiger partial charge >= 0.3 is 17.9 Å². The van der Waals surface area contributed by atoms with Crippen molar-refractivity contribution in [3.8, 4) is 34.5 Å². The number of benzene rings is 6. The Morgan fingerprint density at radius 3 is 1.35 bits per heavy atom. The van der Waals surface area contributed by atoms with Gasteiger partial charge in [-0.3, -0.25) is 0 Å². The van der Waals surface area contributed by atoms with Gasteiger partial charge in [-0.1, -0.05) is 24.3 Å². The minimum atomic E-state index is -0.741. The number of phenols is 3. The number of carbonyl (C=O) groups excluding carboxylic acids is 3. The fourth-order valence-corrected chi connectivity index (χ4v) is 5.06. The maximum atomic E-state index is 13.5. The Bertz CT molecular complexity index is 2150. The first-order chi connectivity index (χ1) is 22.1. The van der Waals surface area contributed by atoms with Crippen LogP contribution in [-0.4, -0.2) is 33.2 Å². The number of esters is 3. The van der Waals surface area contributed by atoms with Crippen LogP contribution < -0.4 is 14.2 Å². The van der Waals surface area contributed by atoms with Gasteiger partial charge in [-0.15, -0.1) is 0 Å². The van der Waals surface area contributed by atoms with Crippen molar-refractivity contribution in [2.24, 2.45) is 0 Å². The Morgan fingerprint density at radius 2 is 0.870 bits per heavy atom. The van der Waals surface area contributed by atoms with E-state index in [1.165, 1.54) is 72.8 Å². The number of carbonyl (C=O) groups is 3. The molecule has 0 heterocycles. The Balaban J connectivity index is 1.60. The summed E-state index contributed by atoms with van der Waals surface area (Å²) in [6.07, 6.45) is 0. The lowest BCUT2D eigenvalue weighted by Crippen LogP contribution is -2.14. The van der Waals surface area contributed by atoms with Gasteiger partial charge < -0.3 is 29.5 Å². The largest absolute Gasteiger partial charge is 0.508 e. The van der Waals surface area contributed by atoms with Crippen LogP contribution in [-0.2, 0) is 0 Å². The number of hydrogen-bond donors (Lipinski definition) is 3. The minimum absolute atomic E-state index is 0.0135. The van der Waals surface area contributed by atoms with Crippen LogP contribution in [0.15, 0.2) is 103 Å². The van der Waals surface area contributed by atoms with Gasteiger partial charge in [-0.05, 0) is 109 Å². The molecule has 9 heteroatoms. The molecule has 0 aromatic heterocycles. The number of aromatic hydroxyl groups is 3. The molecule has 6 aromatic carbocycles. The van der Waals surface area contributed by atoms with Gasteiger partial charge in [0.1, 0.15) is 28.7 Å². The molecule has 0 unspecified atom stereocenters. The van der Waals surface area contributed by atoms with Gasteiger partial charge in [0.25, 0.3) is 0 Å². The summed E-state index contributed by atoms with van der Waals surface area (Å²) in [6.45, 7) is 3.40. The average molecular weight is 615 g/mol. The van der Waals surface area contributed by atoms with Gasteiger partial charge in [0.05, 0.1) is 22.1 Å². The first-order valence-electron chi connectivity index (χ1n) is 14.1. The summed E-state index contributed by atoms with van der Waals surface area (Å²) in [6, 6.07) is 25.5.